The standard InChI is InChI=1S/C31H32N6O12/c1-19(33-24(38)12-13-36-26(40)10-11-27(36)41)29(42)32-18-25(39)34-21-4-2-20(3-5-21)28(30(43)35-14-16-47-17-15-35)49-31(44)48-23-8-6-22(7-9-23)37(45)46/h2-11,19,28H,12-18H2,1H3,(H,32,42)(H,33,38)(H,34,39). The van der Waals surface area contributed by atoms with Gasteiger partial charge in [-0.05, 0) is 31.2 Å². The normalized spacial score (nSPS) is 15.2. The number of non-ortho nitro benzene ring substituents is 1. The van der Waals surface area contributed by atoms with Gasteiger partial charge in [0.1, 0.15) is 11.8 Å². The summed E-state index contributed by atoms with van der Waals surface area (Å²) < 4.78 is 15.8. The first-order valence-corrected chi connectivity index (χ1v) is 14.9. The first-order chi connectivity index (χ1) is 23.4. The molecule has 2 atom stereocenters. The van der Waals surface area contributed by atoms with E-state index in [1.54, 1.807) is 0 Å². The fraction of sp³-hybridized carbons (Fsp3) is 0.323. The number of nitro groups is 1. The van der Waals surface area contributed by atoms with Gasteiger partial charge in [-0.3, -0.25) is 43.8 Å². The van der Waals surface area contributed by atoms with E-state index in [9.17, 15) is 43.7 Å². The Bertz CT molecular complexity index is 1620. The van der Waals surface area contributed by atoms with E-state index in [1.165, 1.54) is 48.2 Å². The zero-order valence-corrected chi connectivity index (χ0v) is 26.1. The van der Waals surface area contributed by atoms with Crippen LogP contribution in [0.3, 0.4) is 0 Å². The van der Waals surface area contributed by atoms with Crippen molar-refractivity contribution < 1.29 is 52.7 Å². The average molecular weight is 681 g/mol. The van der Waals surface area contributed by atoms with E-state index in [0.717, 1.165) is 29.2 Å². The van der Waals surface area contributed by atoms with Gasteiger partial charge in [-0.2, -0.15) is 0 Å². The maximum absolute atomic E-state index is 13.4. The Kier molecular flexibility index (Phi) is 12.1. The Hall–Kier alpha value is -6.17. The van der Waals surface area contributed by atoms with Crippen molar-refractivity contribution in [2.75, 3.05) is 44.7 Å². The van der Waals surface area contributed by atoms with Crippen LogP contribution in [0.4, 0.5) is 16.2 Å². The molecule has 258 valence electrons. The van der Waals surface area contributed by atoms with Gasteiger partial charge >= 0.3 is 6.16 Å². The van der Waals surface area contributed by atoms with E-state index >= 15 is 0 Å². The Morgan fingerprint density at radius 1 is 0.939 bits per heavy atom. The third-order valence-corrected chi connectivity index (χ3v) is 7.16. The summed E-state index contributed by atoms with van der Waals surface area (Å²) in [6, 6.07) is 9.48. The van der Waals surface area contributed by atoms with Crippen molar-refractivity contribution >= 4 is 53.0 Å². The first-order valence-electron chi connectivity index (χ1n) is 14.9. The summed E-state index contributed by atoms with van der Waals surface area (Å²) in [5.74, 6) is -3.48. The van der Waals surface area contributed by atoms with Crippen molar-refractivity contribution in [3.8, 4) is 5.75 Å². The van der Waals surface area contributed by atoms with Crippen LogP contribution in [0.25, 0.3) is 0 Å². The number of carbonyl (C=O) groups excluding carboxylic acids is 7. The van der Waals surface area contributed by atoms with Gasteiger partial charge < -0.3 is 35.1 Å². The summed E-state index contributed by atoms with van der Waals surface area (Å²) in [4.78, 5) is 98.9. The van der Waals surface area contributed by atoms with Crippen LogP contribution in [0.15, 0.2) is 60.7 Å². The lowest BCUT2D eigenvalue weighted by atomic mass is 10.1. The maximum Gasteiger partial charge on any atom is 0.514 e. The molecule has 18 nitrogen and oxygen atoms in total. The van der Waals surface area contributed by atoms with Crippen LogP contribution >= 0.6 is 0 Å². The minimum Gasteiger partial charge on any atom is -0.416 e. The molecular formula is C31H32N6O12. The third-order valence-electron chi connectivity index (χ3n) is 7.16. The number of ether oxygens (including phenoxy) is 3. The molecule has 6 amide bonds. The van der Waals surface area contributed by atoms with Crippen LogP contribution in [-0.2, 0) is 38.2 Å². The van der Waals surface area contributed by atoms with Gasteiger partial charge in [0.15, 0.2) is 0 Å². The van der Waals surface area contributed by atoms with E-state index in [1.807, 2.05) is 0 Å². The van der Waals surface area contributed by atoms with E-state index in [-0.39, 0.29) is 48.7 Å². The Morgan fingerprint density at radius 2 is 1.57 bits per heavy atom. The molecule has 18 heteroatoms. The van der Waals surface area contributed by atoms with Crippen LogP contribution in [0, 0.1) is 10.1 Å². The second kappa shape index (κ2) is 16.6. The smallest absolute Gasteiger partial charge is 0.416 e. The van der Waals surface area contributed by atoms with Gasteiger partial charge in [0.25, 0.3) is 23.4 Å². The molecular weight excluding hydrogens is 648 g/mol. The second-order valence-electron chi connectivity index (χ2n) is 10.6. The Balaban J connectivity index is 1.29. The van der Waals surface area contributed by atoms with Crippen molar-refractivity contribution in [1.29, 1.82) is 0 Å². The molecule has 4 rings (SSSR count). The van der Waals surface area contributed by atoms with Gasteiger partial charge in [0, 0.05) is 61.6 Å². The highest BCUT2D eigenvalue weighted by molar-refractivity contribution is 6.13. The third kappa shape index (κ3) is 10.2. The van der Waals surface area contributed by atoms with Gasteiger partial charge in [0.05, 0.1) is 24.7 Å². The van der Waals surface area contributed by atoms with Crippen LogP contribution < -0.4 is 20.7 Å². The number of morpholine rings is 1. The zero-order valence-electron chi connectivity index (χ0n) is 26.1. The van der Waals surface area contributed by atoms with Gasteiger partial charge in [-0.15, -0.1) is 0 Å². The molecule has 0 radical (unpaired) electrons. The minimum atomic E-state index is -1.43. The molecule has 2 aliphatic rings. The minimum absolute atomic E-state index is 0.0410. The number of hydrogen-bond acceptors (Lipinski definition) is 12. The number of hydrogen-bond donors (Lipinski definition) is 3. The predicted molar refractivity (Wildman–Crippen MR) is 167 cm³/mol. The number of rotatable bonds is 13. The quantitative estimate of drug-likeness (QED) is 0.0867. The van der Waals surface area contributed by atoms with Crippen LogP contribution in [0.2, 0.25) is 0 Å². The van der Waals surface area contributed by atoms with E-state index < -0.39 is 65.2 Å². The molecule has 3 N–H and O–H groups in total. The lowest BCUT2D eigenvalue weighted by molar-refractivity contribution is -0.384. The molecule has 2 aromatic carbocycles. The van der Waals surface area contributed by atoms with Crippen LogP contribution in [0.1, 0.15) is 25.0 Å². The molecule has 0 spiro atoms. The molecule has 0 aromatic heterocycles. The molecule has 2 unspecified atom stereocenters. The molecule has 0 saturated carbocycles. The Labute approximate surface area is 278 Å². The largest absolute Gasteiger partial charge is 0.514 e. The van der Waals surface area contributed by atoms with Gasteiger partial charge in [-0.1, -0.05) is 12.1 Å². The molecule has 1 saturated heterocycles. The van der Waals surface area contributed by atoms with E-state index in [2.05, 4.69) is 16.0 Å². The van der Waals surface area contributed by atoms with Gasteiger partial charge in [-0.25, -0.2) is 4.79 Å². The summed E-state index contributed by atoms with van der Waals surface area (Å²) in [5.41, 5.74) is 0.329. The molecule has 2 aromatic rings. The highest BCUT2D eigenvalue weighted by atomic mass is 16.7. The number of benzene rings is 2. The first kappa shape index (κ1) is 35.7. The molecule has 49 heavy (non-hydrogen) atoms. The summed E-state index contributed by atoms with van der Waals surface area (Å²) in [5, 5.41) is 18.3. The summed E-state index contributed by atoms with van der Waals surface area (Å²) >= 11 is 0. The molecule has 0 aliphatic carbocycles. The van der Waals surface area contributed by atoms with Crippen molar-refractivity contribution in [3.63, 3.8) is 0 Å². The number of carbonyl (C=O) groups is 7. The topological polar surface area (TPSA) is 233 Å². The molecule has 1 fully saturated rings. The molecule has 2 heterocycles. The summed E-state index contributed by atoms with van der Waals surface area (Å²) in [6.45, 7) is 1.91. The highest BCUT2D eigenvalue weighted by Crippen LogP contribution is 2.25. The molecule has 2 aliphatic heterocycles. The average Bonchev–Trinajstić information content (AvgIpc) is 3.41. The maximum atomic E-state index is 13.4. The number of anilines is 1. The van der Waals surface area contributed by atoms with Gasteiger partial charge in [0.2, 0.25) is 23.8 Å². The van der Waals surface area contributed by atoms with E-state index in [0.29, 0.717) is 13.2 Å². The zero-order chi connectivity index (χ0) is 35.5. The lowest BCUT2D eigenvalue weighted by Gasteiger charge is -2.30. The van der Waals surface area contributed by atoms with E-state index in [4.69, 9.17) is 14.2 Å². The highest BCUT2D eigenvalue weighted by Gasteiger charge is 2.32. The summed E-state index contributed by atoms with van der Waals surface area (Å²) in [6.07, 6.45) is -0.675. The van der Waals surface area contributed by atoms with Crippen LogP contribution in [-0.4, -0.2) is 102 Å². The van der Waals surface area contributed by atoms with Crippen molar-refractivity contribution in [2.24, 2.45) is 0 Å². The summed E-state index contributed by atoms with van der Waals surface area (Å²) in [7, 11) is 0. The number of amides is 6. The number of imide groups is 1. The predicted octanol–water partition coefficient (Wildman–Crippen LogP) is 0.585. The fourth-order valence-electron chi connectivity index (χ4n) is 4.57. The van der Waals surface area contributed by atoms with Crippen molar-refractivity contribution in [2.45, 2.75) is 25.5 Å². The SMILES string of the molecule is CC(NC(=O)CCN1C(=O)C=CC1=O)C(=O)NCC(=O)Nc1ccc(C(OC(=O)Oc2ccc([N+](=O)[O-])cc2)C(=O)N2CCOCC2)cc1. The number of nitrogens with zero attached hydrogens (tertiary/aromatic N) is 3. The second-order valence-corrected chi connectivity index (χ2v) is 10.6. The monoisotopic (exact) mass is 680 g/mol. The van der Waals surface area contributed by atoms with Crippen LogP contribution in [0.5, 0.6) is 5.75 Å². The Morgan fingerprint density at radius 3 is 2.18 bits per heavy atom. The number of nitrogens with one attached hydrogen (secondary N) is 3. The fourth-order valence-corrected chi connectivity index (χ4v) is 4.57. The van der Waals surface area contributed by atoms with Crippen molar-refractivity contribution in [1.82, 2.24) is 20.4 Å². The van der Waals surface area contributed by atoms with Crippen molar-refractivity contribution in [3.05, 3.63) is 76.4 Å². The molecule has 0 bridgehead atoms. The lowest BCUT2D eigenvalue weighted by Crippen LogP contribution is -2.47. The number of nitro benzene ring substituents is 1.